The van der Waals surface area contributed by atoms with Crippen LogP contribution in [-0.4, -0.2) is 25.8 Å². The highest BCUT2D eigenvalue weighted by Crippen LogP contribution is 2.40. The van der Waals surface area contributed by atoms with E-state index in [2.05, 4.69) is 31.4 Å². The number of halogens is 1. The molecule has 2 heterocycles. The molecule has 8 heteroatoms. The minimum atomic E-state index is -1.10. The molecule has 2 N–H and O–H groups in total. The Morgan fingerprint density at radius 3 is 3.00 bits per heavy atom. The lowest BCUT2D eigenvalue weighted by Crippen LogP contribution is -2.10. The average Bonchev–Trinajstić information content (AvgIpc) is 2.88. The lowest BCUT2D eigenvalue weighted by Gasteiger charge is -2.07. The van der Waals surface area contributed by atoms with Crippen molar-refractivity contribution in [1.82, 2.24) is 14.8 Å². The first-order valence-electron chi connectivity index (χ1n) is 5.40. The lowest BCUT2D eigenvalue weighted by atomic mass is 10.1. The number of fused-ring (bicyclic) bond motifs is 1. The van der Waals surface area contributed by atoms with Crippen molar-refractivity contribution < 1.29 is 9.90 Å². The Morgan fingerprint density at radius 2 is 2.32 bits per heavy atom. The third-order valence-electron chi connectivity index (χ3n) is 2.78. The molecule has 6 nitrogen and oxygen atoms in total. The molecule has 0 fully saturated rings. The summed E-state index contributed by atoms with van der Waals surface area (Å²) in [6.07, 6.45) is 0.523. The lowest BCUT2D eigenvalue weighted by molar-refractivity contribution is -0.123. The number of amides is 1. The number of aromatic nitrogens is 3. The molecule has 2 aromatic rings. The Hall–Kier alpha value is -1.38. The summed E-state index contributed by atoms with van der Waals surface area (Å²) in [5, 5.41) is 20.9. The van der Waals surface area contributed by atoms with E-state index in [1.165, 1.54) is 11.8 Å². The number of hydrogen-bond acceptors (Lipinski definition) is 5. The summed E-state index contributed by atoms with van der Waals surface area (Å²) in [4.78, 5) is 12.3. The summed E-state index contributed by atoms with van der Waals surface area (Å²) in [5.74, 6) is -0.400. The van der Waals surface area contributed by atoms with Crippen LogP contribution in [0.5, 0.6) is 0 Å². The fourth-order valence-electron chi connectivity index (χ4n) is 1.79. The SMILES string of the molecule is Cn1cnnc1Sc1cc2c(cc1Br)C(O)C(=O)N2. The van der Waals surface area contributed by atoms with Crippen LogP contribution in [-0.2, 0) is 11.8 Å². The van der Waals surface area contributed by atoms with Crippen LogP contribution in [0.15, 0.2) is 33.0 Å². The maximum absolute atomic E-state index is 11.4. The number of carbonyl (C=O) groups is 1. The molecule has 3 rings (SSSR count). The van der Waals surface area contributed by atoms with E-state index in [9.17, 15) is 9.90 Å². The van der Waals surface area contributed by atoms with E-state index in [0.717, 1.165) is 14.5 Å². The van der Waals surface area contributed by atoms with Crippen molar-refractivity contribution >= 4 is 39.3 Å². The van der Waals surface area contributed by atoms with Gasteiger partial charge in [-0.15, -0.1) is 10.2 Å². The van der Waals surface area contributed by atoms with Gasteiger partial charge in [0.1, 0.15) is 6.33 Å². The Morgan fingerprint density at radius 1 is 1.53 bits per heavy atom. The van der Waals surface area contributed by atoms with Gasteiger partial charge in [-0.3, -0.25) is 4.79 Å². The van der Waals surface area contributed by atoms with Crippen LogP contribution in [0.1, 0.15) is 11.7 Å². The first-order chi connectivity index (χ1) is 9.06. The molecule has 1 aromatic carbocycles. The normalized spacial score (nSPS) is 17.4. The van der Waals surface area contributed by atoms with Gasteiger partial charge in [-0.2, -0.15) is 0 Å². The van der Waals surface area contributed by atoms with Gasteiger partial charge in [0.05, 0.1) is 0 Å². The van der Waals surface area contributed by atoms with Crippen LogP contribution < -0.4 is 5.32 Å². The molecule has 1 aromatic heterocycles. The number of rotatable bonds is 2. The molecule has 1 unspecified atom stereocenters. The molecular weight excluding hydrogens is 332 g/mol. The fourth-order valence-corrected chi connectivity index (χ4v) is 3.20. The molecule has 0 saturated heterocycles. The Labute approximate surface area is 121 Å². The van der Waals surface area contributed by atoms with E-state index in [4.69, 9.17) is 0 Å². The molecule has 1 aliphatic rings. The van der Waals surface area contributed by atoms with Gasteiger partial charge in [-0.1, -0.05) is 0 Å². The van der Waals surface area contributed by atoms with Crippen LogP contribution in [0, 0.1) is 0 Å². The van der Waals surface area contributed by atoms with Gasteiger partial charge in [-0.25, -0.2) is 0 Å². The summed E-state index contributed by atoms with van der Waals surface area (Å²) >= 11 is 4.86. The molecule has 0 spiro atoms. The largest absolute Gasteiger partial charge is 0.378 e. The minimum Gasteiger partial charge on any atom is -0.378 e. The molecular formula is C11H9BrN4O2S. The molecule has 1 amide bonds. The van der Waals surface area contributed by atoms with E-state index in [0.29, 0.717) is 11.3 Å². The highest BCUT2D eigenvalue weighted by molar-refractivity contribution is 9.10. The zero-order valence-electron chi connectivity index (χ0n) is 9.79. The monoisotopic (exact) mass is 340 g/mol. The zero-order chi connectivity index (χ0) is 13.6. The van der Waals surface area contributed by atoms with Gasteiger partial charge in [0.2, 0.25) is 0 Å². The predicted octanol–water partition coefficient (Wildman–Crippen LogP) is 1.71. The smallest absolute Gasteiger partial charge is 0.257 e. The summed E-state index contributed by atoms with van der Waals surface area (Å²) in [6.45, 7) is 0. The van der Waals surface area contributed by atoms with Crippen molar-refractivity contribution in [2.75, 3.05) is 5.32 Å². The molecule has 19 heavy (non-hydrogen) atoms. The van der Waals surface area contributed by atoms with Gasteiger partial charge >= 0.3 is 0 Å². The molecule has 0 saturated carbocycles. The summed E-state index contributed by atoms with van der Waals surface area (Å²) in [5.41, 5.74) is 1.21. The van der Waals surface area contributed by atoms with E-state index < -0.39 is 12.0 Å². The van der Waals surface area contributed by atoms with Crippen LogP contribution >= 0.6 is 27.7 Å². The number of aliphatic hydroxyl groups is 1. The Bertz CT molecular complexity index is 673. The van der Waals surface area contributed by atoms with Gasteiger partial charge in [-0.05, 0) is 39.8 Å². The highest BCUT2D eigenvalue weighted by atomic mass is 79.9. The number of hydrogen-bond donors (Lipinski definition) is 2. The number of aliphatic hydroxyl groups excluding tert-OH is 1. The number of carbonyl (C=O) groups excluding carboxylic acids is 1. The molecule has 1 atom stereocenters. The van der Waals surface area contributed by atoms with Crippen molar-refractivity contribution in [1.29, 1.82) is 0 Å². The summed E-state index contributed by atoms with van der Waals surface area (Å²) in [7, 11) is 1.86. The zero-order valence-corrected chi connectivity index (χ0v) is 12.2. The molecule has 0 radical (unpaired) electrons. The van der Waals surface area contributed by atoms with Crippen molar-refractivity contribution in [3.63, 3.8) is 0 Å². The number of aryl methyl sites for hydroxylation is 1. The third-order valence-corrected chi connectivity index (χ3v) is 4.80. The average molecular weight is 341 g/mol. The fraction of sp³-hybridized carbons (Fsp3) is 0.182. The Balaban J connectivity index is 1.99. The number of anilines is 1. The number of benzene rings is 1. The van der Waals surface area contributed by atoms with Crippen LogP contribution in [0.3, 0.4) is 0 Å². The molecule has 0 bridgehead atoms. The minimum absolute atomic E-state index is 0.400. The van der Waals surface area contributed by atoms with Gasteiger partial charge < -0.3 is 15.0 Å². The highest BCUT2D eigenvalue weighted by Gasteiger charge is 2.29. The first-order valence-corrected chi connectivity index (χ1v) is 7.01. The van der Waals surface area contributed by atoms with Crippen molar-refractivity contribution in [3.8, 4) is 0 Å². The van der Waals surface area contributed by atoms with E-state index >= 15 is 0 Å². The van der Waals surface area contributed by atoms with Crippen molar-refractivity contribution in [2.45, 2.75) is 16.2 Å². The second-order valence-electron chi connectivity index (χ2n) is 4.09. The third kappa shape index (κ3) is 2.15. The quantitative estimate of drug-likeness (QED) is 0.869. The van der Waals surface area contributed by atoms with E-state index in [-0.39, 0.29) is 0 Å². The van der Waals surface area contributed by atoms with E-state index in [1.54, 1.807) is 17.0 Å². The summed E-state index contributed by atoms with van der Waals surface area (Å²) in [6, 6.07) is 3.56. The molecule has 0 aliphatic carbocycles. The predicted molar refractivity (Wildman–Crippen MR) is 72.9 cm³/mol. The maximum atomic E-state index is 11.4. The van der Waals surface area contributed by atoms with Gasteiger partial charge in [0.15, 0.2) is 11.3 Å². The maximum Gasteiger partial charge on any atom is 0.257 e. The topological polar surface area (TPSA) is 80.0 Å². The van der Waals surface area contributed by atoms with Gasteiger partial charge in [0.25, 0.3) is 5.91 Å². The first kappa shape index (κ1) is 12.6. The van der Waals surface area contributed by atoms with Crippen molar-refractivity contribution in [3.05, 3.63) is 28.5 Å². The molecule has 98 valence electrons. The molecule has 1 aliphatic heterocycles. The number of nitrogens with one attached hydrogen (secondary N) is 1. The Kier molecular flexibility index (Phi) is 3.08. The van der Waals surface area contributed by atoms with E-state index in [1.807, 2.05) is 13.1 Å². The van der Waals surface area contributed by atoms with Crippen molar-refractivity contribution in [2.24, 2.45) is 7.05 Å². The second-order valence-corrected chi connectivity index (χ2v) is 5.95. The van der Waals surface area contributed by atoms with Crippen LogP contribution in [0.25, 0.3) is 0 Å². The van der Waals surface area contributed by atoms with Gasteiger partial charge in [0, 0.05) is 27.7 Å². The second kappa shape index (κ2) is 4.62. The standard InChI is InChI=1S/C11H9BrN4O2S/c1-16-4-13-15-11(16)19-8-3-7-5(2-6(8)12)9(17)10(18)14-7/h2-4,9,17H,1H3,(H,14,18). The van der Waals surface area contributed by atoms with Crippen LogP contribution in [0.4, 0.5) is 5.69 Å². The summed E-state index contributed by atoms with van der Waals surface area (Å²) < 4.78 is 2.60. The number of nitrogens with zero attached hydrogens (tertiary/aromatic N) is 3. The van der Waals surface area contributed by atoms with Crippen LogP contribution in [0.2, 0.25) is 0 Å².